The molecule has 2 aromatic carbocycles. The molecule has 1 N–H and O–H groups in total. The summed E-state index contributed by atoms with van der Waals surface area (Å²) in [6.45, 7) is 5.86. The van der Waals surface area contributed by atoms with Gasteiger partial charge in [0.05, 0.1) is 24.9 Å². The van der Waals surface area contributed by atoms with Crippen LogP contribution in [-0.4, -0.2) is 42.6 Å². The summed E-state index contributed by atoms with van der Waals surface area (Å²) < 4.78 is 11.5. The van der Waals surface area contributed by atoms with Gasteiger partial charge in [-0.05, 0) is 38.1 Å². The molecule has 25 heavy (non-hydrogen) atoms. The van der Waals surface area contributed by atoms with E-state index >= 15 is 0 Å². The Kier molecular flexibility index (Phi) is 5.68. The molecule has 1 aliphatic heterocycles. The Hall–Kier alpha value is -2.37. The lowest BCUT2D eigenvalue weighted by Gasteiger charge is -2.36. The van der Waals surface area contributed by atoms with E-state index in [1.807, 2.05) is 61.5 Å². The average molecular weight is 340 g/mol. The summed E-state index contributed by atoms with van der Waals surface area (Å²) in [5.41, 5.74) is 0.672. The van der Waals surface area contributed by atoms with Crippen LogP contribution in [0, 0.1) is 0 Å². The smallest absolute Gasteiger partial charge is 0.238 e. The lowest BCUT2D eigenvalue weighted by atomic mass is 10.2. The SMILES string of the molecule is CC1CN(CC(=O)Nc2ccccc2Oc2ccccc2)C(C)CO1. The van der Waals surface area contributed by atoms with E-state index in [9.17, 15) is 4.79 Å². The van der Waals surface area contributed by atoms with Crippen LogP contribution in [0.4, 0.5) is 5.69 Å². The second-order valence-electron chi connectivity index (χ2n) is 6.38. The monoisotopic (exact) mass is 340 g/mol. The molecule has 2 atom stereocenters. The van der Waals surface area contributed by atoms with E-state index in [2.05, 4.69) is 17.1 Å². The summed E-state index contributed by atoms with van der Waals surface area (Å²) in [6.07, 6.45) is 0.151. The van der Waals surface area contributed by atoms with Gasteiger partial charge in [0.15, 0.2) is 5.75 Å². The minimum absolute atomic E-state index is 0.0509. The fourth-order valence-electron chi connectivity index (χ4n) is 2.84. The number of hydrogen-bond acceptors (Lipinski definition) is 4. The minimum Gasteiger partial charge on any atom is -0.455 e. The summed E-state index contributed by atoms with van der Waals surface area (Å²) in [5.74, 6) is 1.32. The van der Waals surface area contributed by atoms with Crippen LogP contribution < -0.4 is 10.1 Å². The quantitative estimate of drug-likeness (QED) is 0.905. The Bertz CT molecular complexity index is 705. The third-order valence-electron chi connectivity index (χ3n) is 4.22. The molecular formula is C20H24N2O3. The standard InChI is InChI=1S/C20H24N2O3/c1-15-14-24-16(2)12-22(15)13-20(23)21-18-10-6-7-11-19(18)25-17-8-4-3-5-9-17/h3-11,15-16H,12-14H2,1-2H3,(H,21,23). The zero-order chi connectivity index (χ0) is 17.6. The number of nitrogens with one attached hydrogen (secondary N) is 1. The van der Waals surface area contributed by atoms with Gasteiger partial charge in [-0.3, -0.25) is 9.69 Å². The van der Waals surface area contributed by atoms with Crippen molar-refractivity contribution in [3.05, 3.63) is 54.6 Å². The van der Waals surface area contributed by atoms with E-state index in [0.717, 1.165) is 12.3 Å². The van der Waals surface area contributed by atoms with Crippen molar-refractivity contribution in [3.63, 3.8) is 0 Å². The van der Waals surface area contributed by atoms with Gasteiger partial charge in [0, 0.05) is 12.6 Å². The molecule has 1 fully saturated rings. The summed E-state index contributed by atoms with van der Waals surface area (Å²) in [4.78, 5) is 14.6. The topological polar surface area (TPSA) is 50.8 Å². The maximum Gasteiger partial charge on any atom is 0.238 e. The lowest BCUT2D eigenvalue weighted by molar-refractivity contribution is -0.121. The number of benzene rings is 2. The van der Waals surface area contributed by atoms with Crippen molar-refractivity contribution in [1.82, 2.24) is 4.90 Å². The normalized spacial score (nSPS) is 20.9. The summed E-state index contributed by atoms with van der Waals surface area (Å²) in [7, 11) is 0. The van der Waals surface area contributed by atoms with Gasteiger partial charge in [-0.1, -0.05) is 30.3 Å². The molecule has 0 radical (unpaired) electrons. The largest absolute Gasteiger partial charge is 0.455 e. The number of hydrogen-bond donors (Lipinski definition) is 1. The number of para-hydroxylation sites is 3. The molecule has 1 aliphatic rings. The van der Waals surface area contributed by atoms with E-state index in [1.165, 1.54) is 0 Å². The van der Waals surface area contributed by atoms with Crippen LogP contribution in [0.2, 0.25) is 0 Å². The van der Waals surface area contributed by atoms with Gasteiger partial charge in [0.1, 0.15) is 5.75 Å². The predicted octanol–water partition coefficient (Wildman–Crippen LogP) is 3.53. The Morgan fingerprint density at radius 1 is 1.16 bits per heavy atom. The number of amides is 1. The van der Waals surface area contributed by atoms with Crippen LogP contribution in [-0.2, 0) is 9.53 Å². The molecule has 0 saturated carbocycles. The molecule has 5 heteroatoms. The van der Waals surface area contributed by atoms with Crippen molar-refractivity contribution in [2.45, 2.75) is 26.0 Å². The average Bonchev–Trinajstić information content (AvgIpc) is 2.61. The highest BCUT2D eigenvalue weighted by Gasteiger charge is 2.25. The first-order chi connectivity index (χ1) is 12.1. The van der Waals surface area contributed by atoms with Crippen molar-refractivity contribution in [2.75, 3.05) is 25.0 Å². The van der Waals surface area contributed by atoms with E-state index in [-0.39, 0.29) is 18.1 Å². The first-order valence-electron chi connectivity index (χ1n) is 8.59. The Morgan fingerprint density at radius 3 is 2.68 bits per heavy atom. The maximum atomic E-state index is 12.5. The fraction of sp³-hybridized carbons (Fsp3) is 0.350. The molecule has 0 aliphatic carbocycles. The third kappa shape index (κ3) is 4.81. The molecule has 1 amide bonds. The molecule has 2 aromatic rings. The van der Waals surface area contributed by atoms with Gasteiger partial charge < -0.3 is 14.8 Å². The number of anilines is 1. The van der Waals surface area contributed by atoms with Crippen molar-refractivity contribution in [1.29, 1.82) is 0 Å². The van der Waals surface area contributed by atoms with Crippen molar-refractivity contribution >= 4 is 11.6 Å². The van der Waals surface area contributed by atoms with Gasteiger partial charge in [-0.15, -0.1) is 0 Å². The number of morpholine rings is 1. The molecule has 0 aromatic heterocycles. The van der Waals surface area contributed by atoms with Gasteiger partial charge in [0.25, 0.3) is 0 Å². The molecule has 0 bridgehead atoms. The number of nitrogens with zero attached hydrogens (tertiary/aromatic N) is 1. The van der Waals surface area contributed by atoms with E-state index in [0.29, 0.717) is 24.6 Å². The Morgan fingerprint density at radius 2 is 1.88 bits per heavy atom. The van der Waals surface area contributed by atoms with Crippen molar-refractivity contribution < 1.29 is 14.3 Å². The molecule has 1 heterocycles. The summed E-state index contributed by atoms with van der Waals surface area (Å²) in [6, 6.07) is 17.2. The highest BCUT2D eigenvalue weighted by molar-refractivity contribution is 5.93. The molecule has 5 nitrogen and oxygen atoms in total. The van der Waals surface area contributed by atoms with Crippen LogP contribution in [0.3, 0.4) is 0 Å². The number of carbonyl (C=O) groups is 1. The van der Waals surface area contributed by atoms with Crippen LogP contribution in [0.1, 0.15) is 13.8 Å². The highest BCUT2D eigenvalue weighted by Crippen LogP contribution is 2.29. The van der Waals surface area contributed by atoms with Crippen LogP contribution in [0.15, 0.2) is 54.6 Å². The summed E-state index contributed by atoms with van der Waals surface area (Å²) in [5, 5.41) is 2.97. The molecular weight excluding hydrogens is 316 g/mol. The van der Waals surface area contributed by atoms with Crippen LogP contribution in [0.5, 0.6) is 11.5 Å². The van der Waals surface area contributed by atoms with Crippen molar-refractivity contribution in [2.24, 2.45) is 0 Å². The molecule has 132 valence electrons. The van der Waals surface area contributed by atoms with Crippen LogP contribution >= 0.6 is 0 Å². The zero-order valence-corrected chi connectivity index (χ0v) is 14.6. The lowest BCUT2D eigenvalue weighted by Crippen LogP contribution is -2.50. The first kappa shape index (κ1) is 17.5. The van der Waals surface area contributed by atoms with E-state index < -0.39 is 0 Å². The number of ether oxygens (including phenoxy) is 2. The van der Waals surface area contributed by atoms with Gasteiger partial charge in [-0.25, -0.2) is 0 Å². The Balaban J connectivity index is 1.65. The zero-order valence-electron chi connectivity index (χ0n) is 14.6. The molecule has 1 saturated heterocycles. The van der Waals surface area contributed by atoms with E-state index in [1.54, 1.807) is 0 Å². The maximum absolute atomic E-state index is 12.5. The van der Waals surface area contributed by atoms with E-state index in [4.69, 9.17) is 9.47 Å². The first-order valence-corrected chi connectivity index (χ1v) is 8.59. The molecule has 0 spiro atoms. The van der Waals surface area contributed by atoms with Gasteiger partial charge in [0.2, 0.25) is 5.91 Å². The fourth-order valence-corrected chi connectivity index (χ4v) is 2.84. The van der Waals surface area contributed by atoms with Crippen LogP contribution in [0.25, 0.3) is 0 Å². The summed E-state index contributed by atoms with van der Waals surface area (Å²) >= 11 is 0. The highest BCUT2D eigenvalue weighted by atomic mass is 16.5. The minimum atomic E-state index is -0.0509. The second kappa shape index (κ2) is 8.14. The predicted molar refractivity (Wildman–Crippen MR) is 98.0 cm³/mol. The third-order valence-corrected chi connectivity index (χ3v) is 4.22. The van der Waals surface area contributed by atoms with Crippen molar-refractivity contribution in [3.8, 4) is 11.5 Å². The molecule has 2 unspecified atom stereocenters. The Labute approximate surface area is 148 Å². The van der Waals surface area contributed by atoms with Gasteiger partial charge >= 0.3 is 0 Å². The van der Waals surface area contributed by atoms with Gasteiger partial charge in [-0.2, -0.15) is 0 Å². The number of carbonyl (C=O) groups excluding carboxylic acids is 1. The molecule has 3 rings (SSSR count). The number of rotatable bonds is 5. The second-order valence-corrected chi connectivity index (χ2v) is 6.38.